The topological polar surface area (TPSA) is 3.24 Å². The highest BCUT2D eigenvalue weighted by Gasteiger charge is 2.28. The van der Waals surface area contributed by atoms with Crippen molar-refractivity contribution in [3.63, 3.8) is 0 Å². The highest BCUT2D eigenvalue weighted by Crippen LogP contribution is 2.15. The molecule has 1 rings (SSSR count). The Balaban J connectivity index is 2.39. The number of benzene rings is 1. The largest absolute Gasteiger partial charge is 0.401 e. The van der Waals surface area contributed by atoms with Gasteiger partial charge in [-0.15, -0.1) is 0 Å². The Bertz CT molecular complexity index is 330. The van der Waals surface area contributed by atoms with Gasteiger partial charge in [0.15, 0.2) is 0 Å². The van der Waals surface area contributed by atoms with Crippen LogP contribution in [-0.4, -0.2) is 31.2 Å². The van der Waals surface area contributed by atoms with Gasteiger partial charge in [0.1, 0.15) is 0 Å². The number of likely N-dealkylation sites (N-methyl/N-ethyl adjacent to an activating group) is 1. The van der Waals surface area contributed by atoms with E-state index < -0.39 is 12.7 Å². The molecule has 0 atom stereocenters. The van der Waals surface area contributed by atoms with Crippen LogP contribution in [0.25, 0.3) is 0 Å². The number of rotatable bonds is 5. The third-order valence-electron chi connectivity index (χ3n) is 2.66. The van der Waals surface area contributed by atoms with Crippen molar-refractivity contribution in [1.29, 1.82) is 0 Å². The van der Waals surface area contributed by atoms with E-state index in [1.165, 1.54) is 17.5 Å². The van der Waals surface area contributed by atoms with Crippen molar-refractivity contribution in [2.24, 2.45) is 0 Å². The minimum Gasteiger partial charge on any atom is -0.298 e. The van der Waals surface area contributed by atoms with Crippen molar-refractivity contribution in [2.45, 2.75) is 25.9 Å². The molecule has 0 aliphatic carbocycles. The van der Waals surface area contributed by atoms with Gasteiger partial charge in [0.2, 0.25) is 0 Å². The first-order valence-corrected chi connectivity index (χ1v) is 5.74. The molecule has 0 bridgehead atoms. The van der Waals surface area contributed by atoms with Crippen molar-refractivity contribution in [3.05, 3.63) is 35.4 Å². The van der Waals surface area contributed by atoms with E-state index in [9.17, 15) is 13.2 Å². The second-order valence-corrected chi connectivity index (χ2v) is 4.27. The zero-order valence-corrected chi connectivity index (χ0v) is 10.2. The summed E-state index contributed by atoms with van der Waals surface area (Å²) < 4.78 is 36.3. The molecule has 1 aromatic rings. The van der Waals surface area contributed by atoms with Crippen molar-refractivity contribution >= 4 is 0 Å². The monoisotopic (exact) mass is 245 g/mol. The van der Waals surface area contributed by atoms with Gasteiger partial charge in [-0.3, -0.25) is 4.90 Å². The molecule has 0 radical (unpaired) electrons. The summed E-state index contributed by atoms with van der Waals surface area (Å²) in [7, 11) is 1.49. The van der Waals surface area contributed by atoms with Crippen LogP contribution >= 0.6 is 0 Å². The molecule has 0 amide bonds. The van der Waals surface area contributed by atoms with E-state index in [4.69, 9.17) is 0 Å². The second kappa shape index (κ2) is 6.05. The van der Waals surface area contributed by atoms with Gasteiger partial charge in [0.25, 0.3) is 0 Å². The minimum atomic E-state index is -4.11. The summed E-state index contributed by atoms with van der Waals surface area (Å²) in [6.07, 6.45) is -2.48. The third-order valence-corrected chi connectivity index (χ3v) is 2.66. The predicted octanol–water partition coefficient (Wildman–Crippen LogP) is 3.29. The first kappa shape index (κ1) is 14.0. The lowest BCUT2D eigenvalue weighted by Crippen LogP contribution is -2.32. The third kappa shape index (κ3) is 5.73. The maximum atomic E-state index is 12.1. The Morgan fingerprint density at radius 1 is 1.06 bits per heavy atom. The molecule has 0 aromatic heterocycles. The summed E-state index contributed by atoms with van der Waals surface area (Å²) in [4.78, 5) is 1.30. The fraction of sp³-hybridized carbons (Fsp3) is 0.538. The Morgan fingerprint density at radius 3 is 2.06 bits per heavy atom. The fourth-order valence-corrected chi connectivity index (χ4v) is 1.65. The Labute approximate surface area is 100 Å². The Morgan fingerprint density at radius 2 is 1.59 bits per heavy atom. The Kier molecular flexibility index (Phi) is 5.00. The smallest absolute Gasteiger partial charge is 0.298 e. The average Bonchev–Trinajstić information content (AvgIpc) is 2.25. The zero-order valence-electron chi connectivity index (χ0n) is 10.2. The van der Waals surface area contributed by atoms with E-state index in [1.54, 1.807) is 0 Å². The average molecular weight is 245 g/mol. The van der Waals surface area contributed by atoms with Crippen LogP contribution in [0.3, 0.4) is 0 Å². The van der Waals surface area contributed by atoms with Gasteiger partial charge < -0.3 is 0 Å². The molecule has 0 N–H and O–H groups in total. The van der Waals surface area contributed by atoms with E-state index in [0.29, 0.717) is 13.0 Å². The highest BCUT2D eigenvalue weighted by molar-refractivity contribution is 5.22. The summed E-state index contributed by atoms with van der Waals surface area (Å²) in [5, 5.41) is 0. The number of hydrogen-bond donors (Lipinski definition) is 0. The fourth-order valence-electron chi connectivity index (χ4n) is 1.65. The van der Waals surface area contributed by atoms with Crippen molar-refractivity contribution < 1.29 is 13.2 Å². The summed E-state index contributed by atoms with van der Waals surface area (Å²) in [5.41, 5.74) is 2.33. The summed E-state index contributed by atoms with van der Waals surface area (Å²) in [6.45, 7) is 1.65. The van der Waals surface area contributed by atoms with Crippen LogP contribution in [0.4, 0.5) is 13.2 Å². The maximum Gasteiger partial charge on any atom is 0.401 e. The van der Waals surface area contributed by atoms with Gasteiger partial charge in [-0.25, -0.2) is 0 Å². The molecule has 1 aromatic carbocycles. The molecule has 96 valence electrons. The van der Waals surface area contributed by atoms with E-state index in [1.807, 2.05) is 24.3 Å². The molecule has 0 heterocycles. The normalized spacial score (nSPS) is 12.1. The quantitative estimate of drug-likeness (QED) is 0.769. The summed E-state index contributed by atoms with van der Waals surface area (Å²) in [6, 6.07) is 8.03. The van der Waals surface area contributed by atoms with Gasteiger partial charge in [0.05, 0.1) is 6.54 Å². The molecule has 0 fully saturated rings. The minimum absolute atomic E-state index is 0.422. The number of aryl methyl sites for hydroxylation is 1. The SMILES string of the molecule is CCc1ccc(CCN(C)CC(F)(F)F)cc1. The molecule has 4 heteroatoms. The number of hydrogen-bond acceptors (Lipinski definition) is 1. The molecule has 0 aliphatic heterocycles. The highest BCUT2D eigenvalue weighted by atomic mass is 19.4. The standard InChI is InChI=1S/C13H18F3N/c1-3-11-4-6-12(7-5-11)8-9-17(2)10-13(14,15)16/h4-7H,3,8-10H2,1-2H3. The van der Waals surface area contributed by atoms with Crippen molar-refractivity contribution in [2.75, 3.05) is 20.1 Å². The van der Waals surface area contributed by atoms with E-state index in [2.05, 4.69) is 6.92 Å². The van der Waals surface area contributed by atoms with Crippen molar-refractivity contribution in [1.82, 2.24) is 4.90 Å². The van der Waals surface area contributed by atoms with Crippen LogP contribution < -0.4 is 0 Å². The van der Waals surface area contributed by atoms with Gasteiger partial charge in [-0.2, -0.15) is 13.2 Å². The molecule has 0 spiro atoms. The number of nitrogens with zero attached hydrogens (tertiary/aromatic N) is 1. The Hall–Kier alpha value is -1.03. The molecular formula is C13H18F3N. The zero-order chi connectivity index (χ0) is 12.9. The van der Waals surface area contributed by atoms with Crippen LogP contribution in [0.2, 0.25) is 0 Å². The first-order valence-electron chi connectivity index (χ1n) is 5.74. The lowest BCUT2D eigenvalue weighted by molar-refractivity contribution is -0.142. The van der Waals surface area contributed by atoms with E-state index in [0.717, 1.165) is 12.0 Å². The molecule has 0 saturated heterocycles. The number of halogens is 3. The molecule has 0 unspecified atom stereocenters. The number of alkyl halides is 3. The van der Waals surface area contributed by atoms with E-state index >= 15 is 0 Å². The van der Waals surface area contributed by atoms with Gasteiger partial charge in [0, 0.05) is 6.54 Å². The van der Waals surface area contributed by atoms with Gasteiger partial charge in [-0.1, -0.05) is 31.2 Å². The lowest BCUT2D eigenvalue weighted by Gasteiger charge is -2.18. The van der Waals surface area contributed by atoms with Gasteiger partial charge in [-0.05, 0) is 31.0 Å². The second-order valence-electron chi connectivity index (χ2n) is 4.27. The molecular weight excluding hydrogens is 227 g/mol. The van der Waals surface area contributed by atoms with Crippen molar-refractivity contribution in [3.8, 4) is 0 Å². The maximum absolute atomic E-state index is 12.1. The van der Waals surface area contributed by atoms with E-state index in [-0.39, 0.29) is 0 Å². The summed E-state index contributed by atoms with van der Waals surface area (Å²) in [5.74, 6) is 0. The van der Waals surface area contributed by atoms with Gasteiger partial charge >= 0.3 is 6.18 Å². The van der Waals surface area contributed by atoms with Crippen LogP contribution in [0.15, 0.2) is 24.3 Å². The summed E-state index contributed by atoms with van der Waals surface area (Å²) >= 11 is 0. The molecule has 0 aliphatic rings. The molecule has 0 saturated carbocycles. The van der Waals surface area contributed by atoms with Crippen LogP contribution in [0.1, 0.15) is 18.1 Å². The molecule has 17 heavy (non-hydrogen) atoms. The van der Waals surface area contributed by atoms with Crippen LogP contribution in [0.5, 0.6) is 0 Å². The van der Waals surface area contributed by atoms with Crippen LogP contribution in [0, 0.1) is 0 Å². The van der Waals surface area contributed by atoms with Crippen LogP contribution in [-0.2, 0) is 12.8 Å². The first-order chi connectivity index (χ1) is 7.90. The lowest BCUT2D eigenvalue weighted by atomic mass is 10.1. The predicted molar refractivity (Wildman–Crippen MR) is 63.1 cm³/mol. The molecule has 1 nitrogen and oxygen atoms in total.